The Morgan fingerprint density at radius 2 is 2.21 bits per heavy atom. The van der Waals surface area contributed by atoms with Crippen molar-refractivity contribution < 1.29 is 14.0 Å². The monoisotopic (exact) mass is 265 g/mol. The number of amides is 2. The molecule has 1 aliphatic heterocycles. The molecule has 5 nitrogen and oxygen atoms in total. The van der Waals surface area contributed by atoms with Gasteiger partial charge in [0.25, 0.3) is 5.91 Å². The molecule has 0 aliphatic carbocycles. The topological polar surface area (TPSA) is 84.2 Å². The fourth-order valence-electron chi connectivity index (χ4n) is 2.11. The van der Waals surface area contributed by atoms with Gasteiger partial charge in [-0.25, -0.2) is 4.39 Å². The molecule has 2 rings (SSSR count). The zero-order valence-electron chi connectivity index (χ0n) is 10.4. The largest absolute Gasteiger partial charge is 0.366 e. The van der Waals surface area contributed by atoms with Gasteiger partial charge in [-0.15, -0.1) is 0 Å². The number of carbonyl (C=O) groups excluding carboxylic acids is 2. The second kappa shape index (κ2) is 5.79. The summed E-state index contributed by atoms with van der Waals surface area (Å²) in [5.41, 5.74) is 5.21. The molecule has 102 valence electrons. The van der Waals surface area contributed by atoms with Gasteiger partial charge in [-0.3, -0.25) is 9.59 Å². The molecule has 1 atom stereocenters. The Balaban J connectivity index is 2.08. The molecule has 0 aromatic heterocycles. The highest BCUT2D eigenvalue weighted by Gasteiger charge is 2.21. The zero-order chi connectivity index (χ0) is 13.8. The number of hydrogen-bond acceptors (Lipinski definition) is 3. The summed E-state index contributed by atoms with van der Waals surface area (Å²) in [7, 11) is 0. The summed E-state index contributed by atoms with van der Waals surface area (Å²) in [5.74, 6) is -1.78. The third-order valence-electron chi connectivity index (χ3n) is 3.17. The minimum Gasteiger partial charge on any atom is -0.366 e. The Kier molecular flexibility index (Phi) is 4.11. The summed E-state index contributed by atoms with van der Waals surface area (Å²) in [6.07, 6.45) is 1.77. The van der Waals surface area contributed by atoms with Gasteiger partial charge in [0.2, 0.25) is 5.91 Å². The number of primary amides is 1. The van der Waals surface area contributed by atoms with E-state index in [9.17, 15) is 14.0 Å². The van der Waals surface area contributed by atoms with Crippen LogP contribution in [0.3, 0.4) is 0 Å². The van der Waals surface area contributed by atoms with Gasteiger partial charge in [-0.2, -0.15) is 0 Å². The van der Waals surface area contributed by atoms with Crippen LogP contribution in [-0.2, 0) is 4.79 Å². The standard InChI is InChI=1S/C13H16FN3O2/c14-11-4-3-9(6-10(11)12(15)18)17-13(19)8-2-1-5-16-7-8/h3-4,6,8,16H,1-2,5,7H2,(H2,15,18)(H,17,19)/t8-/m1/s1. The summed E-state index contributed by atoms with van der Waals surface area (Å²) in [4.78, 5) is 23.0. The van der Waals surface area contributed by atoms with E-state index in [0.717, 1.165) is 25.5 Å². The lowest BCUT2D eigenvalue weighted by Gasteiger charge is -2.22. The summed E-state index contributed by atoms with van der Waals surface area (Å²) in [5, 5.41) is 5.83. The molecule has 1 fully saturated rings. The third kappa shape index (κ3) is 3.29. The molecule has 1 aromatic carbocycles. The van der Waals surface area contributed by atoms with E-state index >= 15 is 0 Å². The maximum Gasteiger partial charge on any atom is 0.251 e. The third-order valence-corrected chi connectivity index (χ3v) is 3.17. The number of halogens is 1. The fraction of sp³-hybridized carbons (Fsp3) is 0.385. The van der Waals surface area contributed by atoms with Crippen molar-refractivity contribution in [3.05, 3.63) is 29.6 Å². The SMILES string of the molecule is NC(=O)c1cc(NC(=O)[C@@H]2CCCNC2)ccc1F. The Morgan fingerprint density at radius 1 is 1.42 bits per heavy atom. The Labute approximate surface area is 110 Å². The minimum absolute atomic E-state index is 0.101. The van der Waals surface area contributed by atoms with Crippen LogP contribution in [0.25, 0.3) is 0 Å². The normalized spacial score (nSPS) is 18.9. The molecule has 2 amide bonds. The van der Waals surface area contributed by atoms with Gasteiger partial charge < -0.3 is 16.4 Å². The quantitative estimate of drug-likeness (QED) is 0.758. The van der Waals surface area contributed by atoms with Gasteiger partial charge in [-0.05, 0) is 37.6 Å². The summed E-state index contributed by atoms with van der Waals surface area (Å²) >= 11 is 0. The summed E-state index contributed by atoms with van der Waals surface area (Å²) in [6.45, 7) is 1.56. The molecule has 4 N–H and O–H groups in total. The van der Waals surface area contributed by atoms with Crippen LogP contribution in [0.1, 0.15) is 23.2 Å². The van der Waals surface area contributed by atoms with Crippen LogP contribution in [0.15, 0.2) is 18.2 Å². The Bertz CT molecular complexity index is 499. The lowest BCUT2D eigenvalue weighted by atomic mass is 9.98. The number of hydrogen-bond donors (Lipinski definition) is 3. The van der Waals surface area contributed by atoms with Crippen LogP contribution >= 0.6 is 0 Å². The van der Waals surface area contributed by atoms with E-state index in [2.05, 4.69) is 10.6 Å². The lowest BCUT2D eigenvalue weighted by Crippen LogP contribution is -2.37. The number of nitrogens with two attached hydrogens (primary N) is 1. The van der Waals surface area contributed by atoms with E-state index in [1.54, 1.807) is 0 Å². The van der Waals surface area contributed by atoms with Crippen molar-refractivity contribution in [2.45, 2.75) is 12.8 Å². The predicted molar refractivity (Wildman–Crippen MR) is 69.1 cm³/mol. The zero-order valence-corrected chi connectivity index (χ0v) is 10.4. The maximum absolute atomic E-state index is 13.3. The highest BCUT2D eigenvalue weighted by Crippen LogP contribution is 2.17. The average molecular weight is 265 g/mol. The molecule has 0 radical (unpaired) electrons. The van der Waals surface area contributed by atoms with Crippen molar-refractivity contribution in [1.29, 1.82) is 0 Å². The van der Waals surface area contributed by atoms with Gasteiger partial charge in [0.05, 0.1) is 11.5 Å². The van der Waals surface area contributed by atoms with Gasteiger partial charge in [0.15, 0.2) is 0 Å². The second-order valence-electron chi connectivity index (χ2n) is 4.59. The number of nitrogens with one attached hydrogen (secondary N) is 2. The molecule has 1 aliphatic rings. The van der Waals surface area contributed by atoms with Gasteiger partial charge in [0.1, 0.15) is 5.82 Å². The van der Waals surface area contributed by atoms with Crippen molar-refractivity contribution in [3.8, 4) is 0 Å². The van der Waals surface area contributed by atoms with E-state index < -0.39 is 11.7 Å². The Morgan fingerprint density at radius 3 is 2.84 bits per heavy atom. The Hall–Kier alpha value is -1.95. The number of rotatable bonds is 3. The molecule has 6 heteroatoms. The first kappa shape index (κ1) is 13.5. The number of benzene rings is 1. The molecule has 1 aromatic rings. The fourth-order valence-corrected chi connectivity index (χ4v) is 2.11. The molecule has 19 heavy (non-hydrogen) atoms. The highest BCUT2D eigenvalue weighted by atomic mass is 19.1. The van der Waals surface area contributed by atoms with Gasteiger partial charge in [-0.1, -0.05) is 0 Å². The molecule has 1 saturated heterocycles. The van der Waals surface area contributed by atoms with Gasteiger partial charge in [0, 0.05) is 12.2 Å². The summed E-state index contributed by atoms with van der Waals surface area (Å²) < 4.78 is 13.3. The van der Waals surface area contributed by atoms with Crippen molar-refractivity contribution in [2.24, 2.45) is 11.7 Å². The molecule has 1 heterocycles. The summed E-state index contributed by atoms with van der Waals surface area (Å²) in [6, 6.07) is 3.79. The molecule has 0 bridgehead atoms. The van der Waals surface area contributed by atoms with E-state index in [1.165, 1.54) is 12.1 Å². The van der Waals surface area contributed by atoms with E-state index in [-0.39, 0.29) is 17.4 Å². The molecular formula is C13H16FN3O2. The molecule has 0 spiro atoms. The number of carbonyl (C=O) groups is 2. The first-order valence-electron chi connectivity index (χ1n) is 6.19. The highest BCUT2D eigenvalue weighted by molar-refractivity contribution is 5.97. The smallest absolute Gasteiger partial charge is 0.251 e. The van der Waals surface area contributed by atoms with Crippen molar-refractivity contribution in [2.75, 3.05) is 18.4 Å². The second-order valence-corrected chi connectivity index (χ2v) is 4.59. The molecule has 0 saturated carbocycles. The van der Waals surface area contributed by atoms with Gasteiger partial charge >= 0.3 is 0 Å². The van der Waals surface area contributed by atoms with Crippen LogP contribution in [0.5, 0.6) is 0 Å². The maximum atomic E-state index is 13.3. The van der Waals surface area contributed by atoms with E-state index in [1.807, 2.05) is 0 Å². The van der Waals surface area contributed by atoms with Crippen molar-refractivity contribution >= 4 is 17.5 Å². The van der Waals surface area contributed by atoms with Crippen molar-refractivity contribution in [3.63, 3.8) is 0 Å². The molecular weight excluding hydrogens is 249 g/mol. The van der Waals surface area contributed by atoms with Crippen LogP contribution in [0.2, 0.25) is 0 Å². The van der Waals surface area contributed by atoms with Crippen LogP contribution < -0.4 is 16.4 Å². The van der Waals surface area contributed by atoms with Crippen LogP contribution in [-0.4, -0.2) is 24.9 Å². The van der Waals surface area contributed by atoms with Crippen LogP contribution in [0.4, 0.5) is 10.1 Å². The number of piperidine rings is 1. The number of anilines is 1. The first-order chi connectivity index (χ1) is 9.08. The van der Waals surface area contributed by atoms with E-state index in [0.29, 0.717) is 12.2 Å². The first-order valence-corrected chi connectivity index (χ1v) is 6.19. The van der Waals surface area contributed by atoms with Crippen molar-refractivity contribution in [1.82, 2.24) is 5.32 Å². The van der Waals surface area contributed by atoms with E-state index in [4.69, 9.17) is 5.73 Å². The minimum atomic E-state index is -0.854. The molecule has 0 unspecified atom stereocenters. The van der Waals surface area contributed by atoms with Crippen LogP contribution in [0, 0.1) is 11.7 Å². The average Bonchev–Trinajstić information content (AvgIpc) is 2.41. The lowest BCUT2D eigenvalue weighted by molar-refractivity contribution is -0.120. The predicted octanol–water partition coefficient (Wildman–Crippen LogP) is 0.863.